The highest BCUT2D eigenvalue weighted by Crippen LogP contribution is 2.42. The maximum Gasteiger partial charge on any atom is -0.00992 e. The number of carbonyl (C=O) groups excluding carboxylic acids is 1. The van der Waals surface area contributed by atoms with Gasteiger partial charge in [0.2, 0.25) is 0 Å². The summed E-state index contributed by atoms with van der Waals surface area (Å²) in [5.41, 5.74) is 5.57. The van der Waals surface area contributed by atoms with E-state index in [0.29, 0.717) is 0 Å². The minimum atomic E-state index is -2.33. The molecule has 0 amide bonds. The molecule has 0 aromatic heterocycles. The lowest BCUT2D eigenvalue weighted by Gasteiger charge is -2.20. The summed E-state index contributed by atoms with van der Waals surface area (Å²) in [7, 11) is 0. The topological polar surface area (TPSA) is 63.2 Å². The van der Waals surface area contributed by atoms with Gasteiger partial charge in [-0.3, -0.25) is 0 Å². The van der Waals surface area contributed by atoms with Crippen LogP contribution in [0.25, 0.3) is 22.3 Å². The average molecular weight is 240 g/mol. The molecule has 0 saturated carbocycles. The third-order valence-electron chi connectivity index (χ3n) is 2.42. The Labute approximate surface area is 106 Å². The fourth-order valence-electron chi connectivity index (χ4n) is 1.65. The van der Waals surface area contributed by atoms with Gasteiger partial charge in [-0.1, -0.05) is 42.5 Å². The van der Waals surface area contributed by atoms with Gasteiger partial charge in [0.25, 0.3) is 0 Å². The molecule has 0 fully saturated rings. The zero-order valence-electron chi connectivity index (χ0n) is 9.76. The van der Waals surface area contributed by atoms with Crippen LogP contribution >= 0.6 is 0 Å². The lowest BCUT2D eigenvalue weighted by atomic mass is 9.83. The standard InChI is InChI=1S/C12H8.C2H4.CH2O3/c1-2-4-9(5-3-1)12-8-10-6-7-11(10)12;1-2;2-1(3)4/h1-8H;1-2H2;(H2,2,3,4)/p-2. The fraction of sp³-hybridized carbons (Fsp3) is 0. The van der Waals surface area contributed by atoms with Crippen LogP contribution in [0.3, 0.4) is 0 Å². The first-order valence-corrected chi connectivity index (χ1v) is 5.26. The van der Waals surface area contributed by atoms with Crippen LogP contribution < -0.4 is 10.2 Å². The minimum absolute atomic E-state index is 1.33. The van der Waals surface area contributed by atoms with Gasteiger partial charge in [0.1, 0.15) is 0 Å². The molecule has 3 heteroatoms. The van der Waals surface area contributed by atoms with Gasteiger partial charge >= 0.3 is 0 Å². The lowest BCUT2D eigenvalue weighted by Crippen LogP contribution is -2.37. The second kappa shape index (κ2) is 6.25. The molecule has 0 saturated heterocycles. The number of fused-ring (bicyclic) bond motifs is 1. The van der Waals surface area contributed by atoms with Crippen molar-refractivity contribution in [2.45, 2.75) is 0 Å². The average Bonchev–Trinajstić information content (AvgIpc) is 2.35. The fourth-order valence-corrected chi connectivity index (χ4v) is 1.65. The number of hydrogen-bond donors (Lipinski definition) is 0. The molecule has 1 aromatic carbocycles. The number of carbonyl (C=O) groups is 1. The van der Waals surface area contributed by atoms with E-state index in [9.17, 15) is 0 Å². The molecule has 92 valence electrons. The largest absolute Gasteiger partial charge is 0.652 e. The Morgan fingerprint density at radius 1 is 0.833 bits per heavy atom. The highest BCUT2D eigenvalue weighted by atomic mass is 16.6. The number of carboxylic acid groups (broad SMARTS) is 2. The highest BCUT2D eigenvalue weighted by Gasteiger charge is 2.16. The molecule has 2 aliphatic carbocycles. The van der Waals surface area contributed by atoms with E-state index in [0.717, 1.165) is 0 Å². The second-order valence-corrected chi connectivity index (χ2v) is 3.38. The molecule has 0 N–H and O–H groups in total. The Morgan fingerprint density at radius 2 is 1.39 bits per heavy atom. The number of rotatable bonds is 1. The van der Waals surface area contributed by atoms with E-state index in [1.165, 1.54) is 22.3 Å². The van der Waals surface area contributed by atoms with Crippen molar-refractivity contribution < 1.29 is 15.0 Å². The normalized spacial score (nSPS) is 9.11. The van der Waals surface area contributed by atoms with Crippen molar-refractivity contribution in [1.29, 1.82) is 0 Å². The van der Waals surface area contributed by atoms with Crippen molar-refractivity contribution in [2.24, 2.45) is 0 Å². The predicted molar refractivity (Wildman–Crippen MR) is 67.5 cm³/mol. The summed E-state index contributed by atoms with van der Waals surface area (Å²) in [5.74, 6) is 0. The third kappa shape index (κ3) is 2.98. The van der Waals surface area contributed by atoms with E-state index < -0.39 is 6.16 Å². The first kappa shape index (κ1) is 13.5. The van der Waals surface area contributed by atoms with Crippen LogP contribution in [0.4, 0.5) is 4.79 Å². The number of hydrogen-bond acceptors (Lipinski definition) is 3. The molecule has 0 aliphatic heterocycles. The molecular formula is C15H12O3-2. The Kier molecular flexibility index (Phi) is 4.69. The summed E-state index contributed by atoms with van der Waals surface area (Å²) >= 11 is 0. The molecule has 0 radical (unpaired) electrons. The monoisotopic (exact) mass is 240 g/mol. The van der Waals surface area contributed by atoms with E-state index in [1.54, 1.807) is 0 Å². The second-order valence-electron chi connectivity index (χ2n) is 3.38. The zero-order chi connectivity index (χ0) is 13.5. The predicted octanol–water partition coefficient (Wildman–Crippen LogP) is 1.69. The van der Waals surface area contributed by atoms with Gasteiger partial charge in [-0.25, -0.2) is 0 Å². The van der Waals surface area contributed by atoms with E-state index in [4.69, 9.17) is 15.0 Å². The molecule has 3 rings (SSSR count). The molecule has 0 unspecified atom stereocenters. The molecule has 3 nitrogen and oxygen atoms in total. The van der Waals surface area contributed by atoms with Gasteiger partial charge in [0.15, 0.2) is 0 Å². The smallest absolute Gasteiger partial charge is 0.00992 e. The molecule has 0 heterocycles. The summed E-state index contributed by atoms with van der Waals surface area (Å²) in [6, 6.07) is 17.1. The van der Waals surface area contributed by atoms with Crippen molar-refractivity contribution >= 4 is 6.16 Å². The van der Waals surface area contributed by atoms with Crippen LogP contribution in [0, 0.1) is 0 Å². The Morgan fingerprint density at radius 3 is 1.72 bits per heavy atom. The quantitative estimate of drug-likeness (QED) is 0.608. The van der Waals surface area contributed by atoms with Gasteiger partial charge in [-0.05, 0) is 34.5 Å². The molecule has 2 aliphatic rings. The Balaban J connectivity index is 0.000000235. The van der Waals surface area contributed by atoms with Crippen LogP contribution in [0.15, 0.2) is 61.7 Å². The van der Waals surface area contributed by atoms with E-state index in [2.05, 4.69) is 61.7 Å². The third-order valence-corrected chi connectivity index (χ3v) is 2.42. The van der Waals surface area contributed by atoms with E-state index >= 15 is 0 Å². The molecule has 0 bridgehead atoms. The van der Waals surface area contributed by atoms with Gasteiger partial charge in [-0.2, -0.15) is 0 Å². The van der Waals surface area contributed by atoms with Crippen molar-refractivity contribution in [3.8, 4) is 22.3 Å². The summed E-state index contributed by atoms with van der Waals surface area (Å²) in [6.45, 7) is 6.00. The van der Waals surface area contributed by atoms with Gasteiger partial charge in [-0.15, -0.1) is 13.2 Å². The van der Waals surface area contributed by atoms with Crippen molar-refractivity contribution in [1.82, 2.24) is 0 Å². The maximum absolute atomic E-state index is 8.33. The molecule has 0 atom stereocenters. The highest BCUT2D eigenvalue weighted by molar-refractivity contribution is 5.95. The first-order valence-electron chi connectivity index (χ1n) is 5.26. The molecule has 1 aromatic rings. The van der Waals surface area contributed by atoms with Crippen LogP contribution in [0.5, 0.6) is 0 Å². The first-order chi connectivity index (χ1) is 8.68. The van der Waals surface area contributed by atoms with Gasteiger partial charge in [0, 0.05) is 0 Å². The SMILES string of the molecule is C=C.O=C([O-])[O-].c1ccc(-c2cc3ccc2-3)cc1. The van der Waals surface area contributed by atoms with Crippen molar-refractivity contribution in [3.05, 3.63) is 61.7 Å². The summed E-state index contributed by atoms with van der Waals surface area (Å²) in [5, 5.41) is 16.7. The molecular weight excluding hydrogens is 228 g/mol. The van der Waals surface area contributed by atoms with Crippen LogP contribution in [0.1, 0.15) is 0 Å². The molecule has 18 heavy (non-hydrogen) atoms. The van der Waals surface area contributed by atoms with Crippen molar-refractivity contribution in [3.63, 3.8) is 0 Å². The minimum Gasteiger partial charge on any atom is -0.652 e. The zero-order valence-corrected chi connectivity index (χ0v) is 9.76. The van der Waals surface area contributed by atoms with Crippen LogP contribution in [0.2, 0.25) is 0 Å². The lowest BCUT2D eigenvalue weighted by molar-refractivity contribution is -0.415. The number of benzene rings is 2. The molecule has 0 spiro atoms. The summed E-state index contributed by atoms with van der Waals surface area (Å²) in [4.78, 5) is 8.33. The van der Waals surface area contributed by atoms with Gasteiger partial charge in [0.05, 0.1) is 0 Å². The van der Waals surface area contributed by atoms with E-state index in [-0.39, 0.29) is 0 Å². The van der Waals surface area contributed by atoms with E-state index in [1.807, 2.05) is 0 Å². The van der Waals surface area contributed by atoms with Crippen molar-refractivity contribution in [2.75, 3.05) is 0 Å². The Bertz CT molecular complexity index is 522. The Hall–Kier alpha value is -2.55. The van der Waals surface area contributed by atoms with Crippen LogP contribution in [-0.4, -0.2) is 6.16 Å². The van der Waals surface area contributed by atoms with Crippen LogP contribution in [-0.2, 0) is 0 Å². The summed E-state index contributed by atoms with van der Waals surface area (Å²) in [6.07, 6.45) is -2.33. The maximum atomic E-state index is 8.33. The summed E-state index contributed by atoms with van der Waals surface area (Å²) < 4.78 is 0. The van der Waals surface area contributed by atoms with Gasteiger partial charge < -0.3 is 15.0 Å².